The van der Waals surface area contributed by atoms with Crippen LogP contribution in [0, 0.1) is 0 Å². The van der Waals surface area contributed by atoms with Crippen molar-refractivity contribution >= 4 is 12.1 Å². The zero-order valence-corrected chi connectivity index (χ0v) is 11.8. The summed E-state index contributed by atoms with van der Waals surface area (Å²) in [5.74, 6) is -0.330. The number of carbonyl (C=O) groups is 1. The molecule has 1 aromatic heterocycles. The fraction of sp³-hybridized carbons (Fsp3) is 0.267. The van der Waals surface area contributed by atoms with Crippen LogP contribution in [0.2, 0.25) is 0 Å². The van der Waals surface area contributed by atoms with E-state index in [-0.39, 0.29) is 11.3 Å². The van der Waals surface area contributed by atoms with Gasteiger partial charge in [0.1, 0.15) is 0 Å². The second-order valence-corrected chi connectivity index (χ2v) is 5.53. The first-order chi connectivity index (χ1) is 9.47. The number of nitrogens with zero attached hydrogens (tertiary/aromatic N) is 2. The molecule has 5 heteroatoms. The Balaban J connectivity index is 1.99. The van der Waals surface area contributed by atoms with Gasteiger partial charge in [-0.2, -0.15) is 10.2 Å². The third-order valence-corrected chi connectivity index (χ3v) is 2.80. The molecule has 1 amide bonds. The van der Waals surface area contributed by atoms with Crippen LogP contribution < -0.4 is 5.43 Å². The number of hydrazone groups is 1. The summed E-state index contributed by atoms with van der Waals surface area (Å²) in [6, 6.07) is 11.3. The molecular weight excluding hydrogens is 252 g/mol. The maximum atomic E-state index is 11.9. The highest BCUT2D eigenvalue weighted by atomic mass is 16.2. The molecule has 0 saturated heterocycles. The van der Waals surface area contributed by atoms with Gasteiger partial charge in [-0.3, -0.25) is 9.89 Å². The van der Waals surface area contributed by atoms with E-state index in [9.17, 15) is 4.79 Å². The topological polar surface area (TPSA) is 70.1 Å². The third-order valence-electron chi connectivity index (χ3n) is 2.80. The van der Waals surface area contributed by atoms with E-state index < -0.39 is 0 Å². The molecule has 2 rings (SSSR count). The molecule has 20 heavy (non-hydrogen) atoms. The summed E-state index contributed by atoms with van der Waals surface area (Å²) in [6.45, 7) is 6.15. The number of carbonyl (C=O) groups excluding carboxylic acids is 1. The molecular formula is C15H18N4O. The Kier molecular flexibility index (Phi) is 3.98. The average molecular weight is 270 g/mol. The second kappa shape index (κ2) is 5.69. The zero-order chi connectivity index (χ0) is 14.6. The Bertz CT molecular complexity index is 608. The number of hydrogen-bond acceptors (Lipinski definition) is 3. The molecule has 0 spiro atoms. The Morgan fingerprint density at radius 1 is 1.30 bits per heavy atom. The number of aromatic amines is 1. The Morgan fingerprint density at radius 3 is 2.60 bits per heavy atom. The molecule has 2 N–H and O–H groups in total. The van der Waals surface area contributed by atoms with Crippen molar-refractivity contribution in [3.8, 4) is 0 Å². The summed E-state index contributed by atoms with van der Waals surface area (Å²) in [7, 11) is 0. The van der Waals surface area contributed by atoms with Crippen LogP contribution in [0.1, 0.15) is 42.5 Å². The summed E-state index contributed by atoms with van der Waals surface area (Å²) in [5.41, 5.74) is 4.56. The van der Waals surface area contributed by atoms with E-state index in [1.54, 1.807) is 12.3 Å². The molecule has 2 aromatic rings. The lowest BCUT2D eigenvalue weighted by molar-refractivity contribution is 0.0950. The van der Waals surface area contributed by atoms with Gasteiger partial charge in [0.15, 0.2) is 5.69 Å². The van der Waals surface area contributed by atoms with Crippen molar-refractivity contribution < 1.29 is 4.79 Å². The van der Waals surface area contributed by atoms with Crippen molar-refractivity contribution in [3.05, 3.63) is 53.3 Å². The van der Waals surface area contributed by atoms with Crippen LogP contribution in [0.5, 0.6) is 0 Å². The van der Waals surface area contributed by atoms with Crippen molar-refractivity contribution in [2.24, 2.45) is 5.10 Å². The maximum Gasteiger partial charge on any atom is 0.291 e. The monoisotopic (exact) mass is 270 g/mol. The van der Waals surface area contributed by atoms with Gasteiger partial charge < -0.3 is 0 Å². The van der Waals surface area contributed by atoms with Crippen LogP contribution in [0.25, 0.3) is 0 Å². The molecule has 0 saturated carbocycles. The predicted molar refractivity (Wildman–Crippen MR) is 78.8 cm³/mol. The molecule has 1 heterocycles. The Morgan fingerprint density at radius 2 is 2.00 bits per heavy atom. The van der Waals surface area contributed by atoms with Crippen molar-refractivity contribution in [2.45, 2.75) is 26.2 Å². The first kappa shape index (κ1) is 14.0. The molecule has 0 aliphatic carbocycles. The summed E-state index contributed by atoms with van der Waals surface area (Å²) in [5, 5.41) is 10.8. The SMILES string of the molecule is CC(C)(C)c1cc(C(=O)NN=Cc2ccccc2)n[nH]1. The molecule has 0 unspecified atom stereocenters. The van der Waals surface area contributed by atoms with Crippen molar-refractivity contribution in [1.29, 1.82) is 0 Å². The Hall–Kier alpha value is -2.43. The van der Waals surface area contributed by atoms with E-state index in [1.165, 1.54) is 0 Å². The summed E-state index contributed by atoms with van der Waals surface area (Å²) in [4.78, 5) is 11.9. The van der Waals surface area contributed by atoms with Crippen molar-refractivity contribution in [2.75, 3.05) is 0 Å². The highest BCUT2D eigenvalue weighted by molar-refractivity contribution is 5.93. The van der Waals surface area contributed by atoms with E-state index in [1.807, 2.05) is 30.3 Å². The van der Waals surface area contributed by atoms with Gasteiger partial charge in [0, 0.05) is 11.1 Å². The molecule has 104 valence electrons. The molecule has 5 nitrogen and oxygen atoms in total. The largest absolute Gasteiger partial charge is 0.291 e. The highest BCUT2D eigenvalue weighted by Crippen LogP contribution is 2.20. The minimum absolute atomic E-state index is 0.0706. The maximum absolute atomic E-state index is 11.9. The van der Waals surface area contributed by atoms with Crippen LogP contribution >= 0.6 is 0 Å². The first-order valence-corrected chi connectivity index (χ1v) is 6.41. The standard InChI is InChI=1S/C15H18N4O/c1-15(2,3)13-9-12(17-18-13)14(20)19-16-10-11-7-5-4-6-8-11/h4-10H,1-3H3,(H,17,18)(H,19,20). The van der Waals surface area contributed by atoms with Gasteiger partial charge in [-0.15, -0.1) is 0 Å². The van der Waals surface area contributed by atoms with Crippen LogP contribution in [-0.2, 0) is 5.41 Å². The van der Waals surface area contributed by atoms with Crippen molar-refractivity contribution in [1.82, 2.24) is 15.6 Å². The number of hydrogen-bond donors (Lipinski definition) is 2. The molecule has 0 fully saturated rings. The van der Waals surface area contributed by atoms with Gasteiger partial charge in [-0.05, 0) is 11.6 Å². The molecule has 0 bridgehead atoms. The van der Waals surface area contributed by atoms with Crippen LogP contribution in [0.3, 0.4) is 0 Å². The van der Waals surface area contributed by atoms with Crippen LogP contribution in [-0.4, -0.2) is 22.3 Å². The van der Waals surface area contributed by atoms with Gasteiger partial charge in [-0.1, -0.05) is 51.1 Å². The molecule has 1 aromatic carbocycles. The van der Waals surface area contributed by atoms with Crippen LogP contribution in [0.15, 0.2) is 41.5 Å². The van der Waals surface area contributed by atoms with E-state index in [4.69, 9.17) is 0 Å². The third kappa shape index (κ3) is 3.54. The van der Waals surface area contributed by atoms with Crippen molar-refractivity contribution in [3.63, 3.8) is 0 Å². The van der Waals surface area contributed by atoms with Gasteiger partial charge in [-0.25, -0.2) is 5.43 Å². The van der Waals surface area contributed by atoms with E-state index in [0.29, 0.717) is 5.69 Å². The number of rotatable bonds is 3. The van der Waals surface area contributed by atoms with E-state index >= 15 is 0 Å². The lowest BCUT2D eigenvalue weighted by Gasteiger charge is -2.14. The van der Waals surface area contributed by atoms with E-state index in [2.05, 4.69) is 41.5 Å². The van der Waals surface area contributed by atoms with Gasteiger partial charge in [0.05, 0.1) is 6.21 Å². The fourth-order valence-corrected chi connectivity index (χ4v) is 1.58. The van der Waals surface area contributed by atoms with Crippen LogP contribution in [0.4, 0.5) is 0 Å². The number of benzene rings is 1. The smallest absolute Gasteiger partial charge is 0.281 e. The van der Waals surface area contributed by atoms with Gasteiger partial charge in [0.2, 0.25) is 0 Å². The molecule has 0 atom stereocenters. The molecule has 0 aliphatic heterocycles. The Labute approximate surface area is 118 Å². The minimum Gasteiger partial charge on any atom is -0.281 e. The minimum atomic E-state index is -0.330. The number of H-pyrrole nitrogens is 1. The second-order valence-electron chi connectivity index (χ2n) is 5.53. The number of amides is 1. The number of nitrogens with one attached hydrogen (secondary N) is 2. The summed E-state index contributed by atoms with van der Waals surface area (Å²) >= 11 is 0. The molecule has 0 radical (unpaired) electrons. The summed E-state index contributed by atoms with van der Waals surface area (Å²) < 4.78 is 0. The quantitative estimate of drug-likeness (QED) is 0.664. The van der Waals surface area contributed by atoms with Gasteiger partial charge >= 0.3 is 0 Å². The highest BCUT2D eigenvalue weighted by Gasteiger charge is 2.18. The summed E-state index contributed by atoms with van der Waals surface area (Å²) in [6.07, 6.45) is 1.59. The molecule has 0 aliphatic rings. The van der Waals surface area contributed by atoms with E-state index in [0.717, 1.165) is 11.3 Å². The van der Waals surface area contributed by atoms with Gasteiger partial charge in [0.25, 0.3) is 5.91 Å². The lowest BCUT2D eigenvalue weighted by Crippen LogP contribution is -2.18. The predicted octanol–water partition coefficient (Wildman–Crippen LogP) is 2.47. The zero-order valence-electron chi connectivity index (χ0n) is 11.8. The normalized spacial score (nSPS) is 11.8. The first-order valence-electron chi connectivity index (χ1n) is 6.41. The number of aromatic nitrogens is 2. The average Bonchev–Trinajstić information content (AvgIpc) is 2.89. The lowest BCUT2D eigenvalue weighted by atomic mass is 9.92. The fourth-order valence-electron chi connectivity index (χ4n) is 1.58.